The molecule has 0 bridgehead atoms. The van der Waals surface area contributed by atoms with E-state index in [1.54, 1.807) is 13.2 Å². The summed E-state index contributed by atoms with van der Waals surface area (Å²) in [6, 6.07) is 12.2. The van der Waals surface area contributed by atoms with Crippen molar-refractivity contribution in [2.24, 2.45) is 0 Å². The number of thioether (sulfide) groups is 1. The molecule has 0 aliphatic carbocycles. The molecule has 31 heavy (non-hydrogen) atoms. The summed E-state index contributed by atoms with van der Waals surface area (Å²) >= 11 is 2.51. The summed E-state index contributed by atoms with van der Waals surface area (Å²) in [4.78, 5) is 16.8. The van der Waals surface area contributed by atoms with E-state index in [9.17, 15) is 9.18 Å². The van der Waals surface area contributed by atoms with Gasteiger partial charge >= 0.3 is 0 Å². The van der Waals surface area contributed by atoms with Crippen LogP contribution in [0, 0.1) is 12.7 Å². The SMILES string of the molecule is COc1ccc2c(C)cc3nnc(SCC(=O)Nc4nc5ccc(F)cc5s4)n3c2c1. The first-order valence-corrected chi connectivity index (χ1v) is 11.1. The van der Waals surface area contributed by atoms with Crippen LogP contribution in [0.15, 0.2) is 47.6 Å². The Hall–Kier alpha value is -3.24. The standard InChI is InChI=1S/C21H16FN5O2S2/c1-11-7-18-25-26-21(27(18)16-9-13(29-2)4-5-14(11)16)30-10-19(28)24-20-23-15-6-3-12(22)8-17(15)31-20/h3-9H,10H2,1-2H3,(H,23,24,28). The molecule has 10 heteroatoms. The maximum absolute atomic E-state index is 13.4. The van der Waals surface area contributed by atoms with E-state index >= 15 is 0 Å². The van der Waals surface area contributed by atoms with E-state index in [0.717, 1.165) is 22.2 Å². The minimum absolute atomic E-state index is 0.129. The van der Waals surface area contributed by atoms with Crippen molar-refractivity contribution in [2.75, 3.05) is 18.2 Å². The van der Waals surface area contributed by atoms with Crippen LogP contribution in [0.25, 0.3) is 26.8 Å². The molecule has 0 fully saturated rings. The van der Waals surface area contributed by atoms with Crippen LogP contribution in [0.3, 0.4) is 0 Å². The van der Waals surface area contributed by atoms with Gasteiger partial charge < -0.3 is 10.1 Å². The third-order valence-electron chi connectivity index (χ3n) is 4.80. The maximum Gasteiger partial charge on any atom is 0.236 e. The second kappa shape index (κ2) is 7.78. The number of thiazole rings is 1. The van der Waals surface area contributed by atoms with Crippen molar-refractivity contribution in [1.82, 2.24) is 19.6 Å². The Bertz CT molecular complexity index is 1460. The highest BCUT2D eigenvalue weighted by atomic mass is 32.2. The summed E-state index contributed by atoms with van der Waals surface area (Å²) in [6.07, 6.45) is 0. The smallest absolute Gasteiger partial charge is 0.236 e. The average Bonchev–Trinajstić information content (AvgIpc) is 3.34. The van der Waals surface area contributed by atoms with Gasteiger partial charge in [0, 0.05) is 11.5 Å². The number of ether oxygens (including phenoxy) is 1. The number of nitrogens with zero attached hydrogens (tertiary/aromatic N) is 4. The van der Waals surface area contributed by atoms with Gasteiger partial charge in [-0.3, -0.25) is 9.20 Å². The Morgan fingerprint density at radius 2 is 2.10 bits per heavy atom. The second-order valence-corrected chi connectivity index (χ2v) is 8.83. The van der Waals surface area contributed by atoms with Gasteiger partial charge in [0.2, 0.25) is 5.91 Å². The number of pyridine rings is 1. The summed E-state index contributed by atoms with van der Waals surface area (Å²) in [5.74, 6) is 0.302. The molecular weight excluding hydrogens is 437 g/mol. The minimum atomic E-state index is -0.331. The van der Waals surface area contributed by atoms with Crippen LogP contribution in [0.4, 0.5) is 9.52 Å². The molecule has 0 spiro atoms. The largest absolute Gasteiger partial charge is 0.497 e. The van der Waals surface area contributed by atoms with Gasteiger partial charge in [0.15, 0.2) is 15.9 Å². The number of amides is 1. The number of halogens is 1. The van der Waals surface area contributed by atoms with E-state index in [4.69, 9.17) is 4.74 Å². The van der Waals surface area contributed by atoms with Crippen LogP contribution >= 0.6 is 23.1 Å². The molecule has 1 amide bonds. The summed E-state index contributed by atoms with van der Waals surface area (Å²) in [6.45, 7) is 2.02. The number of nitrogens with one attached hydrogen (secondary N) is 1. The van der Waals surface area contributed by atoms with Gasteiger partial charge in [0.05, 0.1) is 28.6 Å². The number of fused-ring (bicyclic) bond motifs is 4. The van der Waals surface area contributed by atoms with Crippen molar-refractivity contribution in [3.63, 3.8) is 0 Å². The molecule has 0 unspecified atom stereocenters. The van der Waals surface area contributed by atoms with Crippen molar-refractivity contribution in [1.29, 1.82) is 0 Å². The Labute approximate surface area is 184 Å². The highest BCUT2D eigenvalue weighted by Gasteiger charge is 2.15. The second-order valence-electron chi connectivity index (χ2n) is 6.85. The predicted molar refractivity (Wildman–Crippen MR) is 121 cm³/mol. The van der Waals surface area contributed by atoms with Gasteiger partial charge in [0.1, 0.15) is 11.6 Å². The van der Waals surface area contributed by atoms with E-state index in [0.29, 0.717) is 26.2 Å². The lowest BCUT2D eigenvalue weighted by Gasteiger charge is -2.09. The molecule has 3 heterocycles. The lowest BCUT2D eigenvalue weighted by atomic mass is 10.1. The molecule has 0 aliphatic heterocycles. The number of carbonyl (C=O) groups is 1. The average molecular weight is 454 g/mol. The number of carbonyl (C=O) groups excluding carboxylic acids is 1. The normalized spacial score (nSPS) is 11.5. The minimum Gasteiger partial charge on any atom is -0.497 e. The summed E-state index contributed by atoms with van der Waals surface area (Å²) in [7, 11) is 1.62. The molecule has 0 radical (unpaired) electrons. The van der Waals surface area contributed by atoms with E-state index in [2.05, 4.69) is 20.5 Å². The van der Waals surface area contributed by atoms with Crippen LogP contribution in [-0.2, 0) is 4.79 Å². The van der Waals surface area contributed by atoms with Crippen LogP contribution in [0.5, 0.6) is 5.75 Å². The van der Waals surface area contributed by atoms with Crippen LogP contribution < -0.4 is 10.1 Å². The first-order valence-electron chi connectivity index (χ1n) is 9.33. The third-order valence-corrected chi connectivity index (χ3v) is 6.67. The zero-order valence-corrected chi connectivity index (χ0v) is 18.2. The highest BCUT2D eigenvalue weighted by Crippen LogP contribution is 2.29. The van der Waals surface area contributed by atoms with Crippen molar-refractivity contribution < 1.29 is 13.9 Å². The molecule has 156 valence electrons. The molecule has 7 nitrogen and oxygen atoms in total. The molecule has 3 aromatic heterocycles. The van der Waals surface area contributed by atoms with Gasteiger partial charge in [-0.15, -0.1) is 10.2 Å². The van der Waals surface area contributed by atoms with Crippen molar-refractivity contribution in [2.45, 2.75) is 12.1 Å². The third kappa shape index (κ3) is 3.68. The number of anilines is 1. The first kappa shape index (κ1) is 19.7. The molecule has 0 saturated carbocycles. The number of aromatic nitrogens is 4. The fourth-order valence-electron chi connectivity index (χ4n) is 3.36. The van der Waals surface area contributed by atoms with E-state index in [1.165, 1.54) is 35.2 Å². The van der Waals surface area contributed by atoms with Crippen molar-refractivity contribution >= 4 is 60.9 Å². The molecule has 0 atom stereocenters. The first-order chi connectivity index (χ1) is 15.0. The molecule has 0 saturated heterocycles. The van der Waals surface area contributed by atoms with E-state index in [-0.39, 0.29) is 17.5 Å². The van der Waals surface area contributed by atoms with Crippen LogP contribution in [-0.4, -0.2) is 38.4 Å². The summed E-state index contributed by atoms with van der Waals surface area (Å²) < 4.78 is 21.3. The topological polar surface area (TPSA) is 81.4 Å². The van der Waals surface area contributed by atoms with Gasteiger partial charge in [-0.2, -0.15) is 0 Å². The van der Waals surface area contributed by atoms with Gasteiger partial charge in [-0.25, -0.2) is 9.37 Å². The number of hydrogen-bond acceptors (Lipinski definition) is 7. The number of methoxy groups -OCH3 is 1. The lowest BCUT2D eigenvalue weighted by molar-refractivity contribution is -0.113. The fourth-order valence-corrected chi connectivity index (χ4v) is 5.02. The predicted octanol–water partition coefficient (Wildman–Crippen LogP) is 4.68. The maximum atomic E-state index is 13.4. The Balaban J connectivity index is 1.39. The summed E-state index contributed by atoms with van der Waals surface area (Å²) in [5, 5.41) is 13.4. The molecule has 2 aromatic carbocycles. The monoisotopic (exact) mass is 453 g/mol. The van der Waals surface area contributed by atoms with Gasteiger partial charge in [-0.1, -0.05) is 23.1 Å². The molecular formula is C21H16FN5O2S2. The van der Waals surface area contributed by atoms with Crippen LogP contribution in [0.1, 0.15) is 5.56 Å². The zero-order chi connectivity index (χ0) is 21.5. The van der Waals surface area contributed by atoms with Crippen LogP contribution in [0.2, 0.25) is 0 Å². The molecule has 5 aromatic rings. The fraction of sp³-hybridized carbons (Fsp3) is 0.143. The van der Waals surface area contributed by atoms with Crippen molar-refractivity contribution in [3.05, 3.63) is 53.8 Å². The Morgan fingerprint density at radius 3 is 2.94 bits per heavy atom. The van der Waals surface area contributed by atoms with Gasteiger partial charge in [0.25, 0.3) is 0 Å². The van der Waals surface area contributed by atoms with Crippen molar-refractivity contribution in [3.8, 4) is 5.75 Å². The zero-order valence-electron chi connectivity index (χ0n) is 16.5. The van der Waals surface area contributed by atoms with E-state index < -0.39 is 0 Å². The Kier molecular flexibility index (Phi) is 4.95. The number of rotatable bonds is 5. The summed E-state index contributed by atoms with van der Waals surface area (Å²) in [5.41, 5.74) is 3.34. The number of hydrogen-bond donors (Lipinski definition) is 1. The lowest BCUT2D eigenvalue weighted by Crippen LogP contribution is -2.14. The highest BCUT2D eigenvalue weighted by molar-refractivity contribution is 7.99. The number of benzene rings is 2. The van der Waals surface area contributed by atoms with E-state index in [1.807, 2.05) is 35.6 Å². The Morgan fingerprint density at radius 1 is 1.23 bits per heavy atom. The molecule has 1 N–H and O–H groups in total. The van der Waals surface area contributed by atoms with Gasteiger partial charge in [-0.05, 0) is 48.9 Å². The quantitative estimate of drug-likeness (QED) is 0.389. The number of aryl methyl sites for hydroxylation is 1. The molecule has 5 rings (SSSR count). The molecule has 0 aliphatic rings.